The Bertz CT molecular complexity index is 755. The van der Waals surface area contributed by atoms with Crippen LogP contribution in [0.1, 0.15) is 17.5 Å². The van der Waals surface area contributed by atoms with E-state index in [9.17, 15) is 4.79 Å². The van der Waals surface area contributed by atoms with Crippen LogP contribution in [-0.2, 0) is 11.3 Å². The average Bonchev–Trinajstić information content (AvgIpc) is 2.71. The molecule has 1 amide bonds. The van der Waals surface area contributed by atoms with Crippen molar-refractivity contribution in [2.75, 3.05) is 44.7 Å². The van der Waals surface area contributed by atoms with Gasteiger partial charge in [-0.2, -0.15) is 0 Å². The third-order valence-corrected chi connectivity index (χ3v) is 4.99. The fraction of sp³-hybridized carbons (Fsp3) is 0.409. The van der Waals surface area contributed by atoms with Gasteiger partial charge in [0.15, 0.2) is 0 Å². The zero-order chi connectivity index (χ0) is 19.1. The summed E-state index contributed by atoms with van der Waals surface area (Å²) in [5, 5.41) is 3.37. The van der Waals surface area contributed by atoms with E-state index in [1.165, 1.54) is 11.1 Å². The molecule has 0 spiro atoms. The number of hydrogen-bond donors (Lipinski definition) is 1. The van der Waals surface area contributed by atoms with E-state index in [2.05, 4.69) is 47.5 Å². The topological polar surface area (TPSA) is 44.8 Å². The van der Waals surface area contributed by atoms with Gasteiger partial charge in [0.1, 0.15) is 5.75 Å². The number of nitrogens with zero attached hydrogens (tertiary/aromatic N) is 2. The number of anilines is 1. The van der Waals surface area contributed by atoms with Crippen LogP contribution in [0.3, 0.4) is 0 Å². The lowest BCUT2D eigenvalue weighted by Gasteiger charge is -2.36. The molecule has 144 valence electrons. The number of ether oxygens (including phenoxy) is 1. The Morgan fingerprint density at radius 3 is 2.59 bits per heavy atom. The minimum atomic E-state index is 0.228. The molecule has 5 heteroatoms. The van der Waals surface area contributed by atoms with Crippen molar-refractivity contribution in [3.8, 4) is 5.75 Å². The van der Waals surface area contributed by atoms with Crippen molar-refractivity contribution >= 4 is 11.6 Å². The highest BCUT2D eigenvalue weighted by Crippen LogP contribution is 2.28. The first-order valence-corrected chi connectivity index (χ1v) is 9.59. The fourth-order valence-electron chi connectivity index (χ4n) is 3.50. The van der Waals surface area contributed by atoms with Gasteiger partial charge in [0, 0.05) is 45.7 Å². The molecule has 0 atom stereocenters. The number of aryl methyl sites for hydroxylation is 1. The summed E-state index contributed by atoms with van der Waals surface area (Å²) in [6.07, 6.45) is 0.542. The number of benzene rings is 2. The minimum absolute atomic E-state index is 0.228. The van der Waals surface area contributed by atoms with Crippen LogP contribution in [0.15, 0.2) is 48.5 Å². The van der Waals surface area contributed by atoms with Crippen LogP contribution in [0.25, 0.3) is 0 Å². The maximum absolute atomic E-state index is 12.5. The van der Waals surface area contributed by atoms with Crippen LogP contribution >= 0.6 is 0 Å². The van der Waals surface area contributed by atoms with Crippen LogP contribution in [0.2, 0.25) is 0 Å². The van der Waals surface area contributed by atoms with E-state index >= 15 is 0 Å². The number of piperazine rings is 1. The molecule has 0 aromatic heterocycles. The summed E-state index contributed by atoms with van der Waals surface area (Å²) < 4.78 is 5.45. The average molecular weight is 367 g/mol. The maximum Gasteiger partial charge on any atom is 0.223 e. The zero-order valence-electron chi connectivity index (χ0n) is 16.3. The lowest BCUT2D eigenvalue weighted by Crippen LogP contribution is -2.49. The highest BCUT2D eigenvalue weighted by Gasteiger charge is 2.22. The lowest BCUT2D eigenvalue weighted by atomic mass is 10.1. The van der Waals surface area contributed by atoms with Crippen molar-refractivity contribution in [2.45, 2.75) is 19.9 Å². The smallest absolute Gasteiger partial charge is 0.223 e. The molecule has 0 radical (unpaired) electrons. The van der Waals surface area contributed by atoms with Gasteiger partial charge >= 0.3 is 0 Å². The second kappa shape index (κ2) is 9.42. The third-order valence-electron chi connectivity index (χ3n) is 4.99. The van der Waals surface area contributed by atoms with Gasteiger partial charge in [-0.1, -0.05) is 42.0 Å². The number of amides is 1. The maximum atomic E-state index is 12.5. The summed E-state index contributed by atoms with van der Waals surface area (Å²) >= 11 is 0. The Morgan fingerprint density at radius 2 is 1.85 bits per heavy atom. The Labute approximate surface area is 161 Å². The molecule has 3 rings (SSSR count). The predicted octanol–water partition coefficient (Wildman–Crippen LogP) is 2.83. The molecule has 2 aromatic carbocycles. The van der Waals surface area contributed by atoms with Crippen molar-refractivity contribution in [1.29, 1.82) is 0 Å². The number of hydrogen-bond acceptors (Lipinski definition) is 4. The van der Waals surface area contributed by atoms with E-state index in [1.54, 1.807) is 7.11 Å². The molecule has 0 aliphatic carbocycles. The summed E-state index contributed by atoms with van der Waals surface area (Å²) in [7, 11) is 1.70. The van der Waals surface area contributed by atoms with Crippen LogP contribution < -0.4 is 15.0 Å². The summed E-state index contributed by atoms with van der Waals surface area (Å²) in [5.74, 6) is 1.11. The SMILES string of the molecule is COc1ccccc1N1CCN(C(=O)CCNCc2cccc(C)c2)CC1. The fourth-order valence-corrected chi connectivity index (χ4v) is 3.50. The molecule has 1 aliphatic rings. The van der Waals surface area contributed by atoms with Gasteiger partial charge in [-0.25, -0.2) is 0 Å². The monoisotopic (exact) mass is 367 g/mol. The first-order valence-electron chi connectivity index (χ1n) is 9.59. The minimum Gasteiger partial charge on any atom is -0.495 e. The third kappa shape index (κ3) is 5.23. The number of rotatable bonds is 7. The Morgan fingerprint density at radius 1 is 1.07 bits per heavy atom. The van der Waals surface area contributed by atoms with Crippen LogP contribution in [-0.4, -0.2) is 50.6 Å². The standard InChI is InChI=1S/C22H29N3O2/c1-18-6-5-7-19(16-18)17-23-11-10-22(26)25-14-12-24(13-15-25)20-8-3-4-9-21(20)27-2/h3-9,16,23H,10-15,17H2,1-2H3. The number of nitrogens with one attached hydrogen (secondary N) is 1. The first kappa shape index (κ1) is 19.2. The van der Waals surface area contributed by atoms with Gasteiger partial charge in [0.05, 0.1) is 12.8 Å². The molecule has 1 heterocycles. The second-order valence-electron chi connectivity index (χ2n) is 6.96. The predicted molar refractivity (Wildman–Crippen MR) is 109 cm³/mol. The van der Waals surface area contributed by atoms with Gasteiger partial charge in [-0.3, -0.25) is 4.79 Å². The highest BCUT2D eigenvalue weighted by atomic mass is 16.5. The number of methoxy groups -OCH3 is 1. The van der Waals surface area contributed by atoms with E-state index in [4.69, 9.17) is 4.74 Å². The van der Waals surface area contributed by atoms with Crippen molar-refractivity contribution in [2.24, 2.45) is 0 Å². The molecule has 27 heavy (non-hydrogen) atoms. The van der Waals surface area contributed by atoms with Crippen molar-refractivity contribution in [3.05, 3.63) is 59.7 Å². The molecular formula is C22H29N3O2. The van der Waals surface area contributed by atoms with Crippen molar-refractivity contribution < 1.29 is 9.53 Å². The molecule has 2 aromatic rings. The van der Waals surface area contributed by atoms with Crippen molar-refractivity contribution in [1.82, 2.24) is 10.2 Å². The van der Waals surface area contributed by atoms with Crippen LogP contribution in [0, 0.1) is 6.92 Å². The molecule has 0 bridgehead atoms. The molecule has 1 aliphatic heterocycles. The summed E-state index contributed by atoms with van der Waals surface area (Å²) in [5.41, 5.74) is 3.62. The number of carbonyl (C=O) groups excluding carboxylic acids is 1. The van der Waals surface area contributed by atoms with E-state index < -0.39 is 0 Å². The van der Waals surface area contributed by atoms with Crippen LogP contribution in [0.5, 0.6) is 5.75 Å². The summed E-state index contributed by atoms with van der Waals surface area (Å²) in [6, 6.07) is 16.5. The van der Waals surface area contributed by atoms with Gasteiger partial charge in [-0.15, -0.1) is 0 Å². The number of para-hydroxylation sites is 2. The molecule has 1 N–H and O–H groups in total. The first-order chi connectivity index (χ1) is 13.2. The number of carbonyl (C=O) groups is 1. The Balaban J connectivity index is 1.41. The highest BCUT2D eigenvalue weighted by molar-refractivity contribution is 5.76. The van der Waals surface area contributed by atoms with Gasteiger partial charge < -0.3 is 19.9 Å². The van der Waals surface area contributed by atoms with Crippen LogP contribution in [0.4, 0.5) is 5.69 Å². The van der Waals surface area contributed by atoms with Gasteiger partial charge in [0.25, 0.3) is 0 Å². The lowest BCUT2D eigenvalue weighted by molar-refractivity contribution is -0.131. The largest absolute Gasteiger partial charge is 0.495 e. The zero-order valence-corrected chi connectivity index (χ0v) is 16.3. The van der Waals surface area contributed by atoms with Gasteiger partial charge in [-0.05, 0) is 24.6 Å². The van der Waals surface area contributed by atoms with Crippen molar-refractivity contribution in [3.63, 3.8) is 0 Å². The summed E-state index contributed by atoms with van der Waals surface area (Å²) in [6.45, 7) is 6.79. The normalized spacial score (nSPS) is 14.3. The van der Waals surface area contributed by atoms with E-state index in [0.29, 0.717) is 13.0 Å². The van der Waals surface area contributed by atoms with E-state index in [-0.39, 0.29) is 5.91 Å². The second-order valence-corrected chi connectivity index (χ2v) is 6.96. The van der Waals surface area contributed by atoms with E-state index in [1.807, 2.05) is 23.1 Å². The molecule has 5 nitrogen and oxygen atoms in total. The Kier molecular flexibility index (Phi) is 6.71. The van der Waals surface area contributed by atoms with E-state index in [0.717, 1.165) is 44.2 Å². The summed E-state index contributed by atoms with van der Waals surface area (Å²) in [4.78, 5) is 16.7. The quantitative estimate of drug-likeness (QED) is 0.765. The van der Waals surface area contributed by atoms with Gasteiger partial charge in [0.2, 0.25) is 5.91 Å². The Hall–Kier alpha value is -2.53. The molecule has 0 saturated carbocycles. The molecule has 1 saturated heterocycles. The molecule has 1 fully saturated rings. The molecule has 0 unspecified atom stereocenters. The molecular weight excluding hydrogens is 338 g/mol.